The molecule has 3 nitrogen and oxygen atoms in total. The molecule has 0 saturated heterocycles. The summed E-state index contributed by atoms with van der Waals surface area (Å²) in [6, 6.07) is 14.2. The predicted octanol–water partition coefficient (Wildman–Crippen LogP) is 3.57. The molecule has 0 saturated carbocycles. The number of aryl methyl sites for hydroxylation is 2. The van der Waals surface area contributed by atoms with Crippen molar-refractivity contribution in [2.24, 2.45) is 0 Å². The van der Waals surface area contributed by atoms with Crippen LogP contribution in [0.5, 0.6) is 0 Å². The van der Waals surface area contributed by atoms with Gasteiger partial charge in [-0.05, 0) is 31.5 Å². The molecule has 4 heteroatoms. The molecule has 2 rings (SSSR count). The highest BCUT2D eigenvalue weighted by Gasteiger charge is 2.32. The van der Waals surface area contributed by atoms with Crippen molar-refractivity contribution in [3.8, 4) is 0 Å². The summed E-state index contributed by atoms with van der Waals surface area (Å²) >= 11 is 0. The van der Waals surface area contributed by atoms with Crippen LogP contribution >= 0.6 is 0 Å². The van der Waals surface area contributed by atoms with Gasteiger partial charge in [0.1, 0.15) is 0 Å². The Bertz CT molecular complexity index is 771. The van der Waals surface area contributed by atoms with Gasteiger partial charge >= 0.3 is 5.37 Å². The van der Waals surface area contributed by atoms with Crippen molar-refractivity contribution in [3.63, 3.8) is 0 Å². The molecule has 2 aromatic carbocycles. The summed E-state index contributed by atoms with van der Waals surface area (Å²) in [6.45, 7) is 11.1. The minimum atomic E-state index is -3.63. The van der Waals surface area contributed by atoms with E-state index >= 15 is 0 Å². The van der Waals surface area contributed by atoms with Gasteiger partial charge in [0.15, 0.2) is 0 Å². The minimum absolute atomic E-state index is 0.210. The van der Waals surface area contributed by atoms with E-state index in [9.17, 15) is 8.42 Å². The first-order chi connectivity index (χ1) is 9.93. The first-order valence-corrected chi connectivity index (χ1v) is 8.21. The number of rotatable bonds is 4. The summed E-state index contributed by atoms with van der Waals surface area (Å²) in [5.41, 5.74) is 2.92. The highest BCUT2D eigenvalue weighted by Crippen LogP contribution is 2.21. The average molecular weight is 299 g/mol. The Balaban J connectivity index is 2.32. The summed E-state index contributed by atoms with van der Waals surface area (Å²) in [4.78, 5) is 3.56. The highest BCUT2D eigenvalue weighted by atomic mass is 32.2. The summed E-state index contributed by atoms with van der Waals surface area (Å²) in [5.74, 6) is 0. The maximum Gasteiger partial charge on any atom is 0.329 e. The molecule has 0 bridgehead atoms. The molecule has 108 valence electrons. The van der Waals surface area contributed by atoms with Crippen molar-refractivity contribution in [3.05, 3.63) is 76.6 Å². The number of hydrogen-bond donors (Lipinski definition) is 0. The van der Waals surface area contributed by atoms with Crippen LogP contribution in [0.4, 0.5) is 0 Å². The number of nitrogens with zero attached hydrogens (tertiary/aromatic N) is 1. The standard InChI is InChI=1S/C17H17NO2S/c1-13-7-9-16(10-8-13)21(19,20)17(18-3)12-15-6-4-5-14(2)11-15/h4-11,17H,12H2,1-2H3. The van der Waals surface area contributed by atoms with Crippen LogP contribution in [0.3, 0.4) is 0 Å². The summed E-state index contributed by atoms with van der Waals surface area (Å²) in [5, 5.41) is -1.08. The van der Waals surface area contributed by atoms with Gasteiger partial charge in [0.05, 0.1) is 11.3 Å². The molecule has 0 amide bonds. The SMILES string of the molecule is [C-]#[N+]C(Cc1cccc(C)c1)S(=O)(=O)c1ccc(C)cc1. The molecule has 21 heavy (non-hydrogen) atoms. The fraction of sp³-hybridized carbons (Fsp3) is 0.235. The van der Waals surface area contributed by atoms with E-state index in [1.807, 2.05) is 38.1 Å². The zero-order chi connectivity index (χ0) is 15.5. The zero-order valence-electron chi connectivity index (χ0n) is 12.1. The zero-order valence-corrected chi connectivity index (χ0v) is 12.9. The molecule has 0 aromatic heterocycles. The molecule has 0 aliphatic rings. The maximum atomic E-state index is 12.6. The van der Waals surface area contributed by atoms with Crippen molar-refractivity contribution in [2.75, 3.05) is 0 Å². The van der Waals surface area contributed by atoms with E-state index in [1.165, 1.54) is 0 Å². The lowest BCUT2D eigenvalue weighted by atomic mass is 10.1. The summed E-state index contributed by atoms with van der Waals surface area (Å²) in [7, 11) is -3.63. The molecule has 0 radical (unpaired) electrons. The van der Waals surface area contributed by atoms with Gasteiger partial charge in [-0.15, -0.1) is 0 Å². The monoisotopic (exact) mass is 299 g/mol. The van der Waals surface area contributed by atoms with Crippen molar-refractivity contribution in [1.82, 2.24) is 0 Å². The highest BCUT2D eigenvalue weighted by molar-refractivity contribution is 7.92. The third-order valence-corrected chi connectivity index (χ3v) is 5.26. The van der Waals surface area contributed by atoms with Crippen LogP contribution in [-0.4, -0.2) is 13.8 Å². The van der Waals surface area contributed by atoms with Gasteiger partial charge in [0.2, 0.25) is 0 Å². The molecule has 1 atom stereocenters. The van der Waals surface area contributed by atoms with Crippen molar-refractivity contribution < 1.29 is 8.42 Å². The van der Waals surface area contributed by atoms with Gasteiger partial charge in [-0.25, -0.2) is 15.0 Å². The van der Waals surface area contributed by atoms with Gasteiger partial charge in [0, 0.05) is 0 Å². The lowest BCUT2D eigenvalue weighted by Crippen LogP contribution is -2.20. The van der Waals surface area contributed by atoms with Crippen LogP contribution in [0.1, 0.15) is 16.7 Å². The Labute approximate surface area is 126 Å². The van der Waals surface area contributed by atoms with Gasteiger partial charge < -0.3 is 0 Å². The molecule has 0 heterocycles. The average Bonchev–Trinajstić information content (AvgIpc) is 2.45. The molecule has 1 unspecified atom stereocenters. The van der Waals surface area contributed by atoms with E-state index in [0.29, 0.717) is 0 Å². The van der Waals surface area contributed by atoms with Crippen LogP contribution in [0.2, 0.25) is 0 Å². The Morgan fingerprint density at radius 3 is 2.29 bits per heavy atom. The second-order valence-corrected chi connectivity index (χ2v) is 7.24. The molecule has 0 aliphatic heterocycles. The number of sulfone groups is 1. The van der Waals surface area contributed by atoms with Crippen LogP contribution < -0.4 is 0 Å². The van der Waals surface area contributed by atoms with Crippen molar-refractivity contribution in [1.29, 1.82) is 0 Å². The van der Waals surface area contributed by atoms with Gasteiger partial charge in [0.25, 0.3) is 9.84 Å². The van der Waals surface area contributed by atoms with E-state index < -0.39 is 15.2 Å². The smallest absolute Gasteiger partial charge is 0.296 e. The van der Waals surface area contributed by atoms with Crippen LogP contribution in [0.25, 0.3) is 4.85 Å². The molecule has 0 spiro atoms. The van der Waals surface area contributed by atoms with Crippen LogP contribution in [-0.2, 0) is 16.3 Å². The van der Waals surface area contributed by atoms with E-state index in [2.05, 4.69) is 4.85 Å². The Hall–Kier alpha value is -2.12. The first-order valence-electron chi connectivity index (χ1n) is 6.66. The van der Waals surface area contributed by atoms with Crippen LogP contribution in [0.15, 0.2) is 53.4 Å². The van der Waals surface area contributed by atoms with Gasteiger partial charge in [-0.2, -0.15) is 0 Å². The fourth-order valence-corrected chi connectivity index (χ4v) is 3.53. The van der Waals surface area contributed by atoms with E-state index in [4.69, 9.17) is 6.57 Å². The molecule has 0 fully saturated rings. The quantitative estimate of drug-likeness (QED) is 0.810. The second kappa shape index (κ2) is 6.11. The lowest BCUT2D eigenvalue weighted by molar-refractivity contribution is 0.587. The molecule has 2 aromatic rings. The topological polar surface area (TPSA) is 38.5 Å². The first kappa shape index (κ1) is 15.3. The molecular formula is C17H17NO2S. The number of hydrogen-bond acceptors (Lipinski definition) is 2. The van der Waals surface area contributed by atoms with Gasteiger partial charge in [-0.1, -0.05) is 47.5 Å². The fourth-order valence-electron chi connectivity index (χ4n) is 2.15. The number of benzene rings is 2. The van der Waals surface area contributed by atoms with E-state index in [1.54, 1.807) is 24.3 Å². The lowest BCUT2D eigenvalue weighted by Gasteiger charge is -2.08. The normalized spacial score (nSPS) is 12.6. The predicted molar refractivity (Wildman–Crippen MR) is 83.6 cm³/mol. The Morgan fingerprint density at radius 1 is 1.05 bits per heavy atom. The Morgan fingerprint density at radius 2 is 1.71 bits per heavy atom. The van der Waals surface area contributed by atoms with Crippen molar-refractivity contribution in [2.45, 2.75) is 30.5 Å². The summed E-state index contributed by atoms with van der Waals surface area (Å²) in [6.07, 6.45) is 0.210. The Kier molecular flexibility index (Phi) is 4.44. The second-order valence-electron chi connectivity index (χ2n) is 5.13. The minimum Gasteiger partial charge on any atom is -0.296 e. The molecule has 0 aliphatic carbocycles. The largest absolute Gasteiger partial charge is 0.329 e. The third kappa shape index (κ3) is 3.50. The van der Waals surface area contributed by atoms with E-state index in [0.717, 1.165) is 16.7 Å². The summed E-state index contributed by atoms with van der Waals surface area (Å²) < 4.78 is 25.1. The molecular weight excluding hydrogens is 282 g/mol. The molecule has 0 N–H and O–H groups in total. The van der Waals surface area contributed by atoms with Crippen LogP contribution in [0, 0.1) is 20.4 Å². The van der Waals surface area contributed by atoms with E-state index in [-0.39, 0.29) is 11.3 Å². The maximum absolute atomic E-state index is 12.6. The third-order valence-electron chi connectivity index (χ3n) is 3.34. The van der Waals surface area contributed by atoms with Gasteiger partial charge in [-0.3, -0.25) is 4.85 Å². The van der Waals surface area contributed by atoms with Crippen molar-refractivity contribution >= 4 is 9.84 Å².